The largest absolute Gasteiger partial charge is 0.309 e. The van der Waals surface area contributed by atoms with Gasteiger partial charge < -0.3 is 5.32 Å². The second kappa shape index (κ2) is 9.09. The van der Waals surface area contributed by atoms with Crippen LogP contribution in [-0.2, 0) is 0 Å². The first-order chi connectivity index (χ1) is 8.77. The zero-order chi connectivity index (χ0) is 13.2. The zero-order valence-corrected chi connectivity index (χ0v) is 12.2. The van der Waals surface area contributed by atoms with Gasteiger partial charge in [-0.05, 0) is 37.6 Å². The molecule has 0 radical (unpaired) electrons. The highest BCUT2D eigenvalue weighted by molar-refractivity contribution is 5.17. The summed E-state index contributed by atoms with van der Waals surface area (Å²) in [4.78, 5) is 4.51. The van der Waals surface area contributed by atoms with Gasteiger partial charge in [-0.2, -0.15) is 0 Å². The van der Waals surface area contributed by atoms with Gasteiger partial charge in [0.25, 0.3) is 0 Å². The van der Waals surface area contributed by atoms with Crippen LogP contribution in [0.5, 0.6) is 0 Å². The number of pyridine rings is 1. The third-order valence-electron chi connectivity index (χ3n) is 3.34. The maximum absolute atomic E-state index is 4.51. The molecule has 0 aromatic carbocycles. The summed E-state index contributed by atoms with van der Waals surface area (Å²) in [5, 5.41) is 3.55. The van der Waals surface area contributed by atoms with Crippen LogP contribution in [0.15, 0.2) is 18.3 Å². The van der Waals surface area contributed by atoms with Crippen molar-refractivity contribution in [2.45, 2.75) is 65.3 Å². The SMILES string of the molecule is CCCCCCCC(NCC)c1cc(C)ccn1. The van der Waals surface area contributed by atoms with Crippen molar-refractivity contribution >= 4 is 0 Å². The third kappa shape index (κ3) is 5.63. The van der Waals surface area contributed by atoms with Gasteiger partial charge in [0.2, 0.25) is 0 Å². The summed E-state index contributed by atoms with van der Waals surface area (Å²) in [6.07, 6.45) is 9.83. The molecule has 102 valence electrons. The van der Waals surface area contributed by atoms with Crippen molar-refractivity contribution in [1.82, 2.24) is 10.3 Å². The van der Waals surface area contributed by atoms with E-state index in [4.69, 9.17) is 0 Å². The smallest absolute Gasteiger partial charge is 0.0575 e. The highest BCUT2D eigenvalue weighted by atomic mass is 14.9. The Kier molecular flexibility index (Phi) is 7.66. The van der Waals surface area contributed by atoms with Gasteiger partial charge in [0.05, 0.1) is 5.69 Å². The Hall–Kier alpha value is -0.890. The Morgan fingerprint density at radius 1 is 1.17 bits per heavy atom. The van der Waals surface area contributed by atoms with E-state index in [9.17, 15) is 0 Å². The first-order valence-corrected chi connectivity index (χ1v) is 7.43. The highest BCUT2D eigenvalue weighted by Crippen LogP contribution is 2.19. The Bertz CT molecular complexity index is 323. The van der Waals surface area contributed by atoms with Crippen LogP contribution in [0.4, 0.5) is 0 Å². The standard InChI is InChI=1S/C16H28N2/c1-4-6-7-8-9-10-15(17-5-2)16-13-14(3)11-12-18-16/h11-13,15,17H,4-10H2,1-3H3. The molecule has 0 fully saturated rings. The average Bonchev–Trinajstić information content (AvgIpc) is 2.37. The highest BCUT2D eigenvalue weighted by Gasteiger charge is 2.11. The number of hydrogen-bond donors (Lipinski definition) is 1. The summed E-state index contributed by atoms with van der Waals surface area (Å²) < 4.78 is 0. The summed E-state index contributed by atoms with van der Waals surface area (Å²) in [5.41, 5.74) is 2.50. The van der Waals surface area contributed by atoms with Crippen LogP contribution in [0.3, 0.4) is 0 Å². The minimum Gasteiger partial charge on any atom is -0.309 e. The average molecular weight is 248 g/mol. The molecule has 0 saturated heterocycles. The third-order valence-corrected chi connectivity index (χ3v) is 3.34. The molecule has 0 aliphatic heterocycles. The molecule has 18 heavy (non-hydrogen) atoms. The molecule has 1 aromatic heterocycles. The van der Waals surface area contributed by atoms with E-state index in [0.29, 0.717) is 6.04 Å². The van der Waals surface area contributed by atoms with Crippen LogP contribution in [0, 0.1) is 6.92 Å². The van der Waals surface area contributed by atoms with Gasteiger partial charge in [-0.3, -0.25) is 4.98 Å². The summed E-state index contributed by atoms with van der Waals surface area (Å²) >= 11 is 0. The van der Waals surface area contributed by atoms with Crippen LogP contribution < -0.4 is 5.32 Å². The molecular formula is C16H28N2. The van der Waals surface area contributed by atoms with Crippen molar-refractivity contribution in [1.29, 1.82) is 0 Å². The molecule has 0 saturated carbocycles. The van der Waals surface area contributed by atoms with Gasteiger partial charge in [-0.1, -0.05) is 46.0 Å². The lowest BCUT2D eigenvalue weighted by Gasteiger charge is -2.17. The van der Waals surface area contributed by atoms with Crippen LogP contribution in [0.1, 0.15) is 69.7 Å². The monoisotopic (exact) mass is 248 g/mol. The number of nitrogens with one attached hydrogen (secondary N) is 1. The molecule has 1 rings (SSSR count). The Morgan fingerprint density at radius 2 is 1.94 bits per heavy atom. The fraction of sp³-hybridized carbons (Fsp3) is 0.688. The second-order valence-corrected chi connectivity index (χ2v) is 5.07. The van der Waals surface area contributed by atoms with E-state index in [1.165, 1.54) is 49.8 Å². The second-order valence-electron chi connectivity index (χ2n) is 5.07. The van der Waals surface area contributed by atoms with Gasteiger partial charge in [-0.25, -0.2) is 0 Å². The molecule has 0 bridgehead atoms. The van der Waals surface area contributed by atoms with Crippen molar-refractivity contribution in [3.05, 3.63) is 29.6 Å². The van der Waals surface area contributed by atoms with Gasteiger partial charge in [0, 0.05) is 12.2 Å². The summed E-state index contributed by atoms with van der Waals surface area (Å²) in [5.74, 6) is 0. The number of nitrogens with zero attached hydrogens (tertiary/aromatic N) is 1. The topological polar surface area (TPSA) is 24.9 Å². The minimum atomic E-state index is 0.427. The molecule has 1 heterocycles. The Labute approximate surface area is 112 Å². The van der Waals surface area contributed by atoms with E-state index in [1.807, 2.05) is 6.20 Å². The van der Waals surface area contributed by atoms with Gasteiger partial charge in [0.1, 0.15) is 0 Å². The number of aromatic nitrogens is 1. The quantitative estimate of drug-likeness (QED) is 0.655. The van der Waals surface area contributed by atoms with Gasteiger partial charge >= 0.3 is 0 Å². The zero-order valence-electron chi connectivity index (χ0n) is 12.2. The molecule has 1 aromatic rings. The van der Waals surface area contributed by atoms with Crippen LogP contribution in [0.2, 0.25) is 0 Å². The fourth-order valence-electron chi connectivity index (χ4n) is 2.30. The normalized spacial score (nSPS) is 12.6. The molecular weight excluding hydrogens is 220 g/mol. The lowest BCUT2D eigenvalue weighted by molar-refractivity contribution is 0.470. The molecule has 0 amide bonds. The Morgan fingerprint density at radius 3 is 2.61 bits per heavy atom. The number of rotatable bonds is 9. The number of hydrogen-bond acceptors (Lipinski definition) is 2. The molecule has 2 nitrogen and oxygen atoms in total. The fourth-order valence-corrected chi connectivity index (χ4v) is 2.30. The molecule has 1 unspecified atom stereocenters. The van der Waals surface area contributed by atoms with Crippen molar-refractivity contribution in [3.8, 4) is 0 Å². The molecule has 2 heteroatoms. The van der Waals surface area contributed by atoms with Crippen molar-refractivity contribution < 1.29 is 0 Å². The molecule has 1 atom stereocenters. The van der Waals surface area contributed by atoms with E-state index in [0.717, 1.165) is 6.54 Å². The lowest BCUT2D eigenvalue weighted by atomic mass is 10.0. The summed E-state index contributed by atoms with van der Waals surface area (Å²) in [6.45, 7) is 7.57. The first kappa shape index (κ1) is 15.2. The maximum Gasteiger partial charge on any atom is 0.0575 e. The lowest BCUT2D eigenvalue weighted by Crippen LogP contribution is -2.21. The number of unbranched alkanes of at least 4 members (excludes halogenated alkanes) is 4. The van der Waals surface area contributed by atoms with E-state index < -0.39 is 0 Å². The predicted octanol–water partition coefficient (Wildman–Crippen LogP) is 4.40. The van der Waals surface area contributed by atoms with E-state index >= 15 is 0 Å². The van der Waals surface area contributed by atoms with Crippen molar-refractivity contribution in [3.63, 3.8) is 0 Å². The molecule has 0 aliphatic rings. The van der Waals surface area contributed by atoms with Crippen LogP contribution in [-0.4, -0.2) is 11.5 Å². The van der Waals surface area contributed by atoms with Crippen LogP contribution >= 0.6 is 0 Å². The first-order valence-electron chi connectivity index (χ1n) is 7.43. The van der Waals surface area contributed by atoms with Crippen molar-refractivity contribution in [2.75, 3.05) is 6.54 Å². The molecule has 1 N–H and O–H groups in total. The summed E-state index contributed by atoms with van der Waals surface area (Å²) in [7, 11) is 0. The minimum absolute atomic E-state index is 0.427. The maximum atomic E-state index is 4.51. The van der Waals surface area contributed by atoms with Crippen LogP contribution in [0.25, 0.3) is 0 Å². The van der Waals surface area contributed by atoms with Gasteiger partial charge in [0.15, 0.2) is 0 Å². The predicted molar refractivity (Wildman–Crippen MR) is 78.8 cm³/mol. The number of aryl methyl sites for hydroxylation is 1. The summed E-state index contributed by atoms with van der Waals surface area (Å²) in [6, 6.07) is 4.70. The van der Waals surface area contributed by atoms with E-state index in [-0.39, 0.29) is 0 Å². The van der Waals surface area contributed by atoms with E-state index in [2.05, 4.69) is 43.2 Å². The molecule has 0 aliphatic carbocycles. The van der Waals surface area contributed by atoms with E-state index in [1.54, 1.807) is 0 Å². The van der Waals surface area contributed by atoms with Gasteiger partial charge in [-0.15, -0.1) is 0 Å². The Balaban J connectivity index is 2.44. The van der Waals surface area contributed by atoms with Crippen molar-refractivity contribution in [2.24, 2.45) is 0 Å². The molecule has 0 spiro atoms.